The van der Waals surface area contributed by atoms with Gasteiger partial charge in [-0.3, -0.25) is 5.41 Å². The SMILES string of the molecule is CC1(C)CCC2CCCCC2C1NC=N. The van der Waals surface area contributed by atoms with Gasteiger partial charge < -0.3 is 5.32 Å². The minimum Gasteiger partial charge on any atom is -0.373 e. The molecule has 0 aromatic rings. The maximum absolute atomic E-state index is 7.29. The van der Waals surface area contributed by atoms with E-state index in [4.69, 9.17) is 5.41 Å². The van der Waals surface area contributed by atoms with Crippen LogP contribution in [-0.4, -0.2) is 12.4 Å². The number of hydrogen-bond acceptors (Lipinski definition) is 1. The zero-order chi connectivity index (χ0) is 10.9. The highest BCUT2D eigenvalue weighted by Crippen LogP contribution is 2.47. The molecular formula is C13H24N2. The van der Waals surface area contributed by atoms with E-state index in [9.17, 15) is 0 Å². The fourth-order valence-corrected chi connectivity index (χ4v) is 3.76. The van der Waals surface area contributed by atoms with Gasteiger partial charge in [0.25, 0.3) is 0 Å². The first kappa shape index (κ1) is 11.0. The quantitative estimate of drug-likeness (QED) is 0.530. The molecule has 0 spiro atoms. The Morgan fingerprint density at radius 3 is 2.67 bits per heavy atom. The van der Waals surface area contributed by atoms with E-state index < -0.39 is 0 Å². The van der Waals surface area contributed by atoms with E-state index >= 15 is 0 Å². The summed E-state index contributed by atoms with van der Waals surface area (Å²) in [6.45, 7) is 4.72. The highest BCUT2D eigenvalue weighted by Gasteiger charge is 2.43. The standard InChI is InChI=1S/C13H24N2/c1-13(2)8-7-10-5-3-4-6-11(10)12(13)15-9-14/h9-12H,3-8H2,1-2H3,(H2,14,15). The fraction of sp³-hybridized carbons (Fsp3) is 0.923. The molecule has 2 rings (SSSR count). The predicted molar refractivity (Wildman–Crippen MR) is 64.2 cm³/mol. The van der Waals surface area contributed by atoms with Crippen LogP contribution in [0.4, 0.5) is 0 Å². The minimum atomic E-state index is 0.371. The van der Waals surface area contributed by atoms with E-state index in [1.807, 2.05) is 0 Å². The van der Waals surface area contributed by atoms with Crippen LogP contribution in [0.3, 0.4) is 0 Å². The molecule has 0 aromatic heterocycles. The smallest absolute Gasteiger partial charge is 0.0793 e. The summed E-state index contributed by atoms with van der Waals surface area (Å²) in [5.74, 6) is 1.76. The Kier molecular flexibility index (Phi) is 3.03. The number of nitrogens with one attached hydrogen (secondary N) is 2. The van der Waals surface area contributed by atoms with Crippen LogP contribution in [0.2, 0.25) is 0 Å². The number of fused-ring (bicyclic) bond motifs is 1. The van der Waals surface area contributed by atoms with Gasteiger partial charge in [0.05, 0.1) is 6.34 Å². The van der Waals surface area contributed by atoms with Crippen LogP contribution in [-0.2, 0) is 0 Å². The highest BCUT2D eigenvalue weighted by atomic mass is 15.0. The lowest BCUT2D eigenvalue weighted by Crippen LogP contribution is -2.53. The van der Waals surface area contributed by atoms with Crippen molar-refractivity contribution in [2.24, 2.45) is 17.3 Å². The second kappa shape index (κ2) is 4.15. The van der Waals surface area contributed by atoms with Crippen LogP contribution in [0.1, 0.15) is 52.4 Å². The van der Waals surface area contributed by atoms with Crippen molar-refractivity contribution in [1.29, 1.82) is 5.41 Å². The summed E-state index contributed by atoms with van der Waals surface area (Å²) in [4.78, 5) is 0. The second-order valence-electron chi connectivity index (χ2n) is 6.02. The van der Waals surface area contributed by atoms with Gasteiger partial charge in [-0.05, 0) is 36.5 Å². The molecule has 0 heterocycles. The fourth-order valence-electron chi connectivity index (χ4n) is 3.76. The lowest BCUT2D eigenvalue weighted by atomic mass is 9.59. The molecule has 0 aromatic carbocycles. The van der Waals surface area contributed by atoms with Crippen LogP contribution >= 0.6 is 0 Å². The zero-order valence-corrected chi connectivity index (χ0v) is 10.1. The van der Waals surface area contributed by atoms with Gasteiger partial charge in [0.2, 0.25) is 0 Å². The van der Waals surface area contributed by atoms with Crippen molar-refractivity contribution in [2.45, 2.75) is 58.4 Å². The van der Waals surface area contributed by atoms with Gasteiger partial charge in [-0.2, -0.15) is 0 Å². The van der Waals surface area contributed by atoms with Crippen molar-refractivity contribution in [2.75, 3.05) is 0 Å². The van der Waals surface area contributed by atoms with E-state index in [1.54, 1.807) is 0 Å². The summed E-state index contributed by atoms with van der Waals surface area (Å²) in [5, 5.41) is 10.6. The van der Waals surface area contributed by atoms with Gasteiger partial charge in [0.15, 0.2) is 0 Å². The van der Waals surface area contributed by atoms with Crippen LogP contribution < -0.4 is 5.32 Å². The lowest BCUT2D eigenvalue weighted by molar-refractivity contribution is 0.0443. The van der Waals surface area contributed by atoms with Crippen LogP contribution in [0.25, 0.3) is 0 Å². The number of hydrogen-bond donors (Lipinski definition) is 2. The summed E-state index contributed by atoms with van der Waals surface area (Å²) in [5.41, 5.74) is 0.371. The van der Waals surface area contributed by atoms with Crippen molar-refractivity contribution < 1.29 is 0 Å². The van der Waals surface area contributed by atoms with E-state index in [1.165, 1.54) is 44.9 Å². The third-order valence-electron chi connectivity index (χ3n) is 4.66. The van der Waals surface area contributed by atoms with Crippen molar-refractivity contribution in [3.63, 3.8) is 0 Å². The molecule has 2 heteroatoms. The summed E-state index contributed by atoms with van der Waals surface area (Å²) in [7, 11) is 0. The summed E-state index contributed by atoms with van der Waals surface area (Å²) in [6.07, 6.45) is 9.76. The Labute approximate surface area is 93.3 Å². The largest absolute Gasteiger partial charge is 0.373 e. The first-order valence-electron chi connectivity index (χ1n) is 6.40. The molecule has 0 bridgehead atoms. The number of rotatable bonds is 2. The maximum atomic E-state index is 7.29. The normalized spacial score (nSPS) is 39.2. The molecule has 0 aliphatic heterocycles. The Hall–Kier alpha value is -0.530. The van der Waals surface area contributed by atoms with Crippen LogP contribution in [0, 0.1) is 22.7 Å². The van der Waals surface area contributed by atoms with Gasteiger partial charge in [-0.15, -0.1) is 0 Å². The van der Waals surface area contributed by atoms with Crippen molar-refractivity contribution in [1.82, 2.24) is 5.32 Å². The molecule has 0 saturated heterocycles. The molecule has 3 unspecified atom stereocenters. The van der Waals surface area contributed by atoms with E-state index in [-0.39, 0.29) is 0 Å². The van der Waals surface area contributed by atoms with E-state index in [2.05, 4.69) is 19.2 Å². The molecule has 0 radical (unpaired) electrons. The van der Waals surface area contributed by atoms with E-state index in [0.717, 1.165) is 11.8 Å². The molecule has 2 fully saturated rings. The molecular weight excluding hydrogens is 184 g/mol. The van der Waals surface area contributed by atoms with Crippen molar-refractivity contribution in [3.05, 3.63) is 0 Å². The third kappa shape index (κ3) is 2.04. The summed E-state index contributed by atoms with van der Waals surface area (Å²) < 4.78 is 0. The molecule has 2 saturated carbocycles. The molecule has 0 amide bonds. The van der Waals surface area contributed by atoms with Crippen LogP contribution in [0.15, 0.2) is 0 Å². The van der Waals surface area contributed by atoms with Crippen molar-refractivity contribution in [3.8, 4) is 0 Å². The molecule has 15 heavy (non-hydrogen) atoms. The monoisotopic (exact) mass is 208 g/mol. The Balaban J connectivity index is 2.14. The molecule has 2 nitrogen and oxygen atoms in total. The molecule has 2 aliphatic rings. The summed E-state index contributed by atoms with van der Waals surface area (Å²) in [6, 6.07) is 0.536. The first-order chi connectivity index (χ1) is 7.15. The molecule has 2 N–H and O–H groups in total. The van der Waals surface area contributed by atoms with Gasteiger partial charge in [-0.25, -0.2) is 0 Å². The van der Waals surface area contributed by atoms with Gasteiger partial charge in [-0.1, -0.05) is 33.1 Å². The average Bonchev–Trinajstić information content (AvgIpc) is 2.23. The van der Waals surface area contributed by atoms with Gasteiger partial charge in [0, 0.05) is 6.04 Å². The van der Waals surface area contributed by atoms with Gasteiger partial charge in [0.1, 0.15) is 0 Å². The van der Waals surface area contributed by atoms with Gasteiger partial charge >= 0.3 is 0 Å². The highest BCUT2D eigenvalue weighted by molar-refractivity contribution is 5.50. The lowest BCUT2D eigenvalue weighted by Gasteiger charge is -2.50. The molecule has 2 aliphatic carbocycles. The van der Waals surface area contributed by atoms with Crippen LogP contribution in [0.5, 0.6) is 0 Å². The average molecular weight is 208 g/mol. The van der Waals surface area contributed by atoms with Crippen molar-refractivity contribution >= 4 is 6.34 Å². The predicted octanol–water partition coefficient (Wildman–Crippen LogP) is 3.18. The third-order valence-corrected chi connectivity index (χ3v) is 4.66. The Bertz CT molecular complexity index is 235. The summed E-state index contributed by atoms with van der Waals surface area (Å²) >= 11 is 0. The Morgan fingerprint density at radius 1 is 1.20 bits per heavy atom. The minimum absolute atomic E-state index is 0.371. The van der Waals surface area contributed by atoms with E-state index in [0.29, 0.717) is 11.5 Å². The maximum Gasteiger partial charge on any atom is 0.0793 e. The molecule has 86 valence electrons. The first-order valence-corrected chi connectivity index (χ1v) is 6.40. The topological polar surface area (TPSA) is 35.9 Å². The Morgan fingerprint density at radius 2 is 1.93 bits per heavy atom. The second-order valence-corrected chi connectivity index (χ2v) is 6.02. The zero-order valence-electron chi connectivity index (χ0n) is 10.1. The molecule has 3 atom stereocenters.